The summed E-state index contributed by atoms with van der Waals surface area (Å²) in [5.41, 5.74) is 0.826. The highest BCUT2D eigenvalue weighted by molar-refractivity contribution is 7.99. The van der Waals surface area contributed by atoms with Gasteiger partial charge in [-0.1, -0.05) is 12.1 Å². The highest BCUT2D eigenvalue weighted by Gasteiger charge is 2.30. The maximum atomic E-state index is 12.5. The normalized spacial score (nSPS) is 20.5. The third kappa shape index (κ3) is 2.85. The molecule has 0 amide bonds. The molecule has 1 aromatic rings. The number of nitrogens with zero attached hydrogens (tertiary/aromatic N) is 1. The molecule has 1 aliphatic rings. The Hall–Kier alpha value is -0.230. The molecule has 0 aromatic heterocycles. The van der Waals surface area contributed by atoms with Crippen molar-refractivity contribution in [2.45, 2.75) is 23.2 Å². The first-order valence-electron chi connectivity index (χ1n) is 5.76. The molecule has 0 N–H and O–H groups in total. The summed E-state index contributed by atoms with van der Waals surface area (Å²) in [6.07, 6.45) is 0.926. The number of halogens is 1. The van der Waals surface area contributed by atoms with E-state index in [2.05, 4.69) is 0 Å². The van der Waals surface area contributed by atoms with E-state index in [1.165, 1.54) is 4.31 Å². The maximum Gasteiger partial charge on any atom is 0.243 e. The molecule has 1 saturated heterocycles. The van der Waals surface area contributed by atoms with E-state index in [0.29, 0.717) is 10.8 Å². The molecule has 1 heterocycles. The van der Waals surface area contributed by atoms with Crippen molar-refractivity contribution in [2.75, 3.05) is 18.6 Å². The van der Waals surface area contributed by atoms with E-state index in [-0.39, 0.29) is 6.04 Å². The molecule has 100 valence electrons. The first-order chi connectivity index (χ1) is 8.55. The number of sulfonamides is 1. The molecule has 1 fully saturated rings. The van der Waals surface area contributed by atoms with Crippen LogP contribution in [0.4, 0.5) is 0 Å². The summed E-state index contributed by atoms with van der Waals surface area (Å²) < 4.78 is 26.4. The van der Waals surface area contributed by atoms with Crippen LogP contribution in [0.25, 0.3) is 0 Å². The van der Waals surface area contributed by atoms with Gasteiger partial charge in [0.05, 0.1) is 4.90 Å². The van der Waals surface area contributed by atoms with Crippen LogP contribution >= 0.6 is 23.4 Å². The molecule has 1 aliphatic heterocycles. The Balaban J connectivity index is 2.28. The van der Waals surface area contributed by atoms with Crippen LogP contribution < -0.4 is 0 Å². The molecule has 0 spiro atoms. The minimum Gasteiger partial charge on any atom is -0.207 e. The number of thioether (sulfide) groups is 1. The van der Waals surface area contributed by atoms with Gasteiger partial charge in [0.25, 0.3) is 0 Å². The SMILES string of the molecule is CN(C1CCSC1)S(=O)(=O)c1cccc(CCl)c1. The molecule has 6 heteroatoms. The fraction of sp³-hybridized carbons (Fsp3) is 0.500. The van der Waals surface area contributed by atoms with Gasteiger partial charge in [0.15, 0.2) is 0 Å². The van der Waals surface area contributed by atoms with Crippen molar-refractivity contribution in [1.29, 1.82) is 0 Å². The Morgan fingerprint density at radius 2 is 2.28 bits per heavy atom. The predicted molar refractivity (Wildman–Crippen MR) is 76.7 cm³/mol. The second-order valence-corrected chi connectivity index (χ2v) is 7.73. The second-order valence-electron chi connectivity index (χ2n) is 4.32. The standard InChI is InChI=1S/C12H16ClNO2S2/c1-14(11-5-6-17-9-11)18(15,16)12-4-2-3-10(7-12)8-13/h2-4,7,11H,5-6,8-9H2,1H3. The number of rotatable bonds is 4. The van der Waals surface area contributed by atoms with Gasteiger partial charge in [-0.15, -0.1) is 11.6 Å². The summed E-state index contributed by atoms with van der Waals surface area (Å²) in [5.74, 6) is 2.24. The van der Waals surface area contributed by atoms with E-state index in [1.54, 1.807) is 37.0 Å². The van der Waals surface area contributed by atoms with E-state index in [0.717, 1.165) is 23.5 Å². The van der Waals surface area contributed by atoms with Crippen LogP contribution in [-0.4, -0.2) is 37.3 Å². The van der Waals surface area contributed by atoms with E-state index < -0.39 is 10.0 Å². The number of benzene rings is 1. The fourth-order valence-electron chi connectivity index (χ4n) is 1.96. The first-order valence-corrected chi connectivity index (χ1v) is 8.89. The molecular weight excluding hydrogens is 290 g/mol. The molecule has 18 heavy (non-hydrogen) atoms. The highest BCUT2D eigenvalue weighted by Crippen LogP contribution is 2.26. The summed E-state index contributed by atoms with van der Waals surface area (Å²) in [6.45, 7) is 0. The van der Waals surface area contributed by atoms with Gasteiger partial charge in [0, 0.05) is 24.7 Å². The Bertz CT molecular complexity index is 513. The molecule has 1 aromatic carbocycles. The van der Waals surface area contributed by atoms with Crippen LogP contribution in [0.15, 0.2) is 29.2 Å². The molecule has 0 radical (unpaired) electrons. The molecule has 3 nitrogen and oxygen atoms in total. The Labute approximate surface area is 118 Å². The van der Waals surface area contributed by atoms with Crippen molar-refractivity contribution in [1.82, 2.24) is 4.31 Å². The first kappa shape index (κ1) is 14.2. The van der Waals surface area contributed by atoms with Gasteiger partial charge in [0.1, 0.15) is 0 Å². The topological polar surface area (TPSA) is 37.4 Å². The largest absolute Gasteiger partial charge is 0.243 e. The van der Waals surface area contributed by atoms with E-state index in [4.69, 9.17) is 11.6 Å². The molecule has 0 aliphatic carbocycles. The van der Waals surface area contributed by atoms with Crippen LogP contribution in [0.2, 0.25) is 0 Å². The number of alkyl halides is 1. The third-order valence-corrected chi connectivity index (χ3v) is 6.51. The van der Waals surface area contributed by atoms with Gasteiger partial charge < -0.3 is 0 Å². The van der Waals surface area contributed by atoms with Gasteiger partial charge in [-0.2, -0.15) is 16.1 Å². The lowest BCUT2D eigenvalue weighted by atomic mass is 10.2. The average molecular weight is 306 g/mol. The monoisotopic (exact) mass is 305 g/mol. The Morgan fingerprint density at radius 3 is 2.89 bits per heavy atom. The summed E-state index contributed by atoms with van der Waals surface area (Å²) in [5, 5.41) is 0. The van der Waals surface area contributed by atoms with Crippen LogP contribution in [0.5, 0.6) is 0 Å². The minimum absolute atomic E-state index is 0.111. The van der Waals surface area contributed by atoms with Gasteiger partial charge in [-0.05, 0) is 29.9 Å². The quantitative estimate of drug-likeness (QED) is 0.802. The zero-order valence-electron chi connectivity index (χ0n) is 10.2. The lowest BCUT2D eigenvalue weighted by Crippen LogP contribution is -2.36. The summed E-state index contributed by atoms with van der Waals surface area (Å²) in [7, 11) is -1.73. The van der Waals surface area contributed by atoms with Crippen molar-refractivity contribution in [3.63, 3.8) is 0 Å². The predicted octanol–water partition coefficient (Wildman–Crippen LogP) is 2.55. The fourth-order valence-corrected chi connectivity index (χ4v) is 4.94. The Morgan fingerprint density at radius 1 is 1.50 bits per heavy atom. The maximum absolute atomic E-state index is 12.5. The van der Waals surface area contributed by atoms with E-state index in [9.17, 15) is 8.42 Å². The zero-order chi connectivity index (χ0) is 13.2. The van der Waals surface area contributed by atoms with Crippen molar-refractivity contribution >= 4 is 33.4 Å². The van der Waals surface area contributed by atoms with E-state index in [1.807, 2.05) is 6.07 Å². The Kier molecular flexibility index (Phi) is 4.59. The second kappa shape index (κ2) is 5.82. The summed E-state index contributed by atoms with van der Waals surface area (Å²) in [4.78, 5) is 0.333. The van der Waals surface area contributed by atoms with Crippen LogP contribution in [0.3, 0.4) is 0 Å². The molecule has 1 unspecified atom stereocenters. The molecular formula is C12H16ClNO2S2. The van der Waals surface area contributed by atoms with Gasteiger partial charge in [-0.25, -0.2) is 8.42 Å². The van der Waals surface area contributed by atoms with Crippen molar-refractivity contribution in [3.05, 3.63) is 29.8 Å². The molecule has 1 atom stereocenters. The highest BCUT2D eigenvalue weighted by atomic mass is 35.5. The van der Waals surface area contributed by atoms with Crippen molar-refractivity contribution in [2.24, 2.45) is 0 Å². The van der Waals surface area contributed by atoms with Crippen molar-refractivity contribution < 1.29 is 8.42 Å². The van der Waals surface area contributed by atoms with Crippen LogP contribution in [0.1, 0.15) is 12.0 Å². The third-order valence-electron chi connectivity index (χ3n) is 3.15. The average Bonchev–Trinajstić information content (AvgIpc) is 2.91. The lowest BCUT2D eigenvalue weighted by Gasteiger charge is -2.23. The molecule has 2 rings (SSSR count). The zero-order valence-corrected chi connectivity index (χ0v) is 12.6. The molecule has 0 saturated carbocycles. The molecule has 0 bridgehead atoms. The summed E-state index contributed by atoms with van der Waals surface area (Å²) >= 11 is 7.55. The van der Waals surface area contributed by atoms with Gasteiger partial charge in [-0.3, -0.25) is 0 Å². The number of hydrogen-bond donors (Lipinski definition) is 0. The smallest absolute Gasteiger partial charge is 0.207 e. The summed E-state index contributed by atoms with van der Waals surface area (Å²) in [6, 6.07) is 6.96. The van der Waals surface area contributed by atoms with Crippen LogP contribution in [0, 0.1) is 0 Å². The van der Waals surface area contributed by atoms with Crippen LogP contribution in [-0.2, 0) is 15.9 Å². The van der Waals surface area contributed by atoms with E-state index >= 15 is 0 Å². The van der Waals surface area contributed by atoms with Crippen molar-refractivity contribution in [3.8, 4) is 0 Å². The number of hydrogen-bond acceptors (Lipinski definition) is 3. The lowest BCUT2D eigenvalue weighted by molar-refractivity contribution is 0.394. The van der Waals surface area contributed by atoms with Gasteiger partial charge in [0.2, 0.25) is 10.0 Å². The van der Waals surface area contributed by atoms with Gasteiger partial charge >= 0.3 is 0 Å². The minimum atomic E-state index is -3.39.